The lowest BCUT2D eigenvalue weighted by Gasteiger charge is -2.06. The van der Waals surface area contributed by atoms with Crippen LogP contribution < -0.4 is 4.74 Å². The zero-order valence-electron chi connectivity index (χ0n) is 14.7. The smallest absolute Gasteiger partial charge is 0.316 e. The first-order valence-corrected chi connectivity index (χ1v) is 9.30. The van der Waals surface area contributed by atoms with Crippen LogP contribution >= 0.6 is 11.8 Å². The van der Waals surface area contributed by atoms with E-state index in [-0.39, 0.29) is 11.7 Å². The second kappa shape index (κ2) is 8.66. The molecule has 0 atom stereocenters. The first-order valence-electron chi connectivity index (χ1n) is 8.32. The third-order valence-electron chi connectivity index (χ3n) is 3.64. The molecule has 0 aliphatic carbocycles. The third kappa shape index (κ3) is 4.32. The molecule has 26 heavy (non-hydrogen) atoms. The summed E-state index contributed by atoms with van der Waals surface area (Å²) < 4.78 is 12.5. The number of rotatable bonds is 8. The van der Waals surface area contributed by atoms with E-state index in [2.05, 4.69) is 27.2 Å². The monoisotopic (exact) mass is 372 g/mol. The van der Waals surface area contributed by atoms with Crippen LogP contribution in [0.1, 0.15) is 12.5 Å². The molecule has 0 aliphatic rings. The average Bonchev–Trinajstić information content (AvgIpc) is 2.97. The van der Waals surface area contributed by atoms with Gasteiger partial charge in [0.15, 0.2) is 5.52 Å². The van der Waals surface area contributed by atoms with E-state index < -0.39 is 0 Å². The summed E-state index contributed by atoms with van der Waals surface area (Å²) in [5.41, 5.74) is 2.47. The fraction of sp³-hybridized carbons (Fsp3) is 0.333. The molecule has 0 aliphatic heterocycles. The highest BCUT2D eigenvalue weighted by molar-refractivity contribution is 8.00. The number of hydrogen-bond donors (Lipinski definition) is 0. The van der Waals surface area contributed by atoms with Crippen molar-refractivity contribution in [3.05, 3.63) is 42.2 Å². The summed E-state index contributed by atoms with van der Waals surface area (Å²) in [7, 11) is 1.80. The Morgan fingerprint density at radius 3 is 2.77 bits per heavy atom. The van der Waals surface area contributed by atoms with Crippen LogP contribution in [0, 0.1) is 0 Å². The minimum absolute atomic E-state index is 0.181. The predicted octanol–water partition coefficient (Wildman–Crippen LogP) is 2.64. The first-order chi connectivity index (χ1) is 12.7. The summed E-state index contributed by atoms with van der Waals surface area (Å²) in [5.74, 6) is 0.497. The SMILES string of the molecule is CCOC(=O)CSc1ncnc2c(OCCc3ccccc3)n(C)nc12. The fourth-order valence-electron chi connectivity index (χ4n) is 2.47. The van der Waals surface area contributed by atoms with E-state index in [1.807, 2.05) is 18.2 Å². The van der Waals surface area contributed by atoms with Gasteiger partial charge in [-0.05, 0) is 12.5 Å². The highest BCUT2D eigenvalue weighted by Gasteiger charge is 2.17. The molecule has 0 saturated heterocycles. The van der Waals surface area contributed by atoms with Gasteiger partial charge in [0.05, 0.1) is 19.0 Å². The molecule has 0 saturated carbocycles. The Balaban J connectivity index is 1.72. The molecule has 1 aromatic carbocycles. The van der Waals surface area contributed by atoms with E-state index in [9.17, 15) is 4.79 Å². The quantitative estimate of drug-likeness (QED) is 0.342. The Bertz CT molecular complexity index is 883. The molecule has 8 heteroatoms. The number of benzene rings is 1. The van der Waals surface area contributed by atoms with Crippen LogP contribution in [0.25, 0.3) is 11.0 Å². The molecular weight excluding hydrogens is 352 g/mol. The largest absolute Gasteiger partial charge is 0.476 e. The second-order valence-corrected chi connectivity index (χ2v) is 6.45. The topological polar surface area (TPSA) is 79.1 Å². The zero-order chi connectivity index (χ0) is 18.4. The van der Waals surface area contributed by atoms with Gasteiger partial charge in [0, 0.05) is 13.5 Å². The van der Waals surface area contributed by atoms with Gasteiger partial charge in [-0.25, -0.2) is 14.6 Å². The van der Waals surface area contributed by atoms with Crippen LogP contribution in [0.2, 0.25) is 0 Å². The molecule has 0 fully saturated rings. The molecule has 3 aromatic rings. The van der Waals surface area contributed by atoms with Crippen molar-refractivity contribution in [2.75, 3.05) is 19.0 Å². The Hall–Kier alpha value is -2.61. The molecule has 2 aromatic heterocycles. The van der Waals surface area contributed by atoms with Crippen molar-refractivity contribution in [1.29, 1.82) is 0 Å². The number of fused-ring (bicyclic) bond motifs is 1. The van der Waals surface area contributed by atoms with Gasteiger partial charge in [0.25, 0.3) is 0 Å². The predicted molar refractivity (Wildman–Crippen MR) is 99.3 cm³/mol. The standard InChI is InChI=1S/C18H20N4O3S/c1-3-24-14(23)11-26-17-15-16(19-12-20-17)18(22(2)21-15)25-10-9-13-7-5-4-6-8-13/h4-8,12H,3,9-11H2,1-2H3. The van der Waals surface area contributed by atoms with E-state index in [1.165, 1.54) is 23.7 Å². The number of thioether (sulfide) groups is 1. The first kappa shape index (κ1) is 18.2. The maximum atomic E-state index is 11.6. The molecule has 0 spiro atoms. The van der Waals surface area contributed by atoms with Crippen LogP contribution in [0.15, 0.2) is 41.7 Å². The molecule has 0 N–H and O–H groups in total. The third-order valence-corrected chi connectivity index (χ3v) is 4.59. The van der Waals surface area contributed by atoms with Crippen LogP contribution in [-0.2, 0) is 23.0 Å². The molecule has 3 rings (SSSR count). The molecule has 7 nitrogen and oxygen atoms in total. The van der Waals surface area contributed by atoms with Gasteiger partial charge in [-0.2, -0.15) is 5.10 Å². The number of carbonyl (C=O) groups excluding carboxylic acids is 1. The summed E-state index contributed by atoms with van der Waals surface area (Å²) in [5, 5.41) is 5.09. The lowest BCUT2D eigenvalue weighted by Crippen LogP contribution is -2.06. The molecule has 0 unspecified atom stereocenters. The van der Waals surface area contributed by atoms with Crippen LogP contribution in [0.4, 0.5) is 0 Å². The van der Waals surface area contributed by atoms with Gasteiger partial charge in [-0.3, -0.25) is 4.79 Å². The van der Waals surface area contributed by atoms with Crippen molar-refractivity contribution in [3.63, 3.8) is 0 Å². The summed E-state index contributed by atoms with van der Waals surface area (Å²) in [4.78, 5) is 20.1. The van der Waals surface area contributed by atoms with Gasteiger partial charge >= 0.3 is 5.97 Å². The molecule has 0 amide bonds. The van der Waals surface area contributed by atoms with Gasteiger partial charge in [-0.15, -0.1) is 0 Å². The lowest BCUT2D eigenvalue weighted by molar-refractivity contribution is -0.139. The number of carbonyl (C=O) groups is 1. The Morgan fingerprint density at radius 2 is 2.00 bits per heavy atom. The van der Waals surface area contributed by atoms with Gasteiger partial charge in [0.1, 0.15) is 16.9 Å². The average molecular weight is 372 g/mol. The second-order valence-electron chi connectivity index (χ2n) is 5.48. The number of aromatic nitrogens is 4. The van der Waals surface area contributed by atoms with Crippen molar-refractivity contribution < 1.29 is 14.3 Å². The summed E-state index contributed by atoms with van der Waals surface area (Å²) in [6.07, 6.45) is 2.25. The van der Waals surface area contributed by atoms with Crippen LogP contribution in [-0.4, -0.2) is 44.7 Å². The highest BCUT2D eigenvalue weighted by Crippen LogP contribution is 2.29. The molecule has 0 radical (unpaired) electrons. The van der Waals surface area contributed by atoms with E-state index in [4.69, 9.17) is 9.47 Å². The van der Waals surface area contributed by atoms with Gasteiger partial charge in [-0.1, -0.05) is 42.1 Å². The van der Waals surface area contributed by atoms with Gasteiger partial charge in [0.2, 0.25) is 5.88 Å². The molecule has 136 valence electrons. The van der Waals surface area contributed by atoms with Crippen molar-refractivity contribution in [2.45, 2.75) is 18.4 Å². The van der Waals surface area contributed by atoms with Crippen molar-refractivity contribution >= 4 is 28.8 Å². The summed E-state index contributed by atoms with van der Waals surface area (Å²) in [6.45, 7) is 2.67. The molecule has 2 heterocycles. The van der Waals surface area contributed by atoms with Crippen molar-refractivity contribution in [1.82, 2.24) is 19.7 Å². The van der Waals surface area contributed by atoms with E-state index in [0.717, 1.165) is 6.42 Å². The summed E-state index contributed by atoms with van der Waals surface area (Å²) in [6, 6.07) is 10.1. The number of aryl methyl sites for hydroxylation is 1. The fourth-order valence-corrected chi connectivity index (χ4v) is 3.20. The Labute approximate surface area is 155 Å². The van der Waals surface area contributed by atoms with Crippen molar-refractivity contribution in [2.24, 2.45) is 7.05 Å². The van der Waals surface area contributed by atoms with E-state index in [0.29, 0.717) is 35.2 Å². The Morgan fingerprint density at radius 1 is 1.19 bits per heavy atom. The number of esters is 1. The van der Waals surface area contributed by atoms with E-state index >= 15 is 0 Å². The summed E-state index contributed by atoms with van der Waals surface area (Å²) >= 11 is 1.28. The number of hydrogen-bond acceptors (Lipinski definition) is 7. The normalized spacial score (nSPS) is 10.8. The van der Waals surface area contributed by atoms with Crippen molar-refractivity contribution in [3.8, 4) is 5.88 Å². The van der Waals surface area contributed by atoms with E-state index in [1.54, 1.807) is 18.7 Å². The number of ether oxygens (including phenoxy) is 2. The number of nitrogens with zero attached hydrogens (tertiary/aromatic N) is 4. The maximum Gasteiger partial charge on any atom is 0.316 e. The molecule has 0 bridgehead atoms. The van der Waals surface area contributed by atoms with Crippen LogP contribution in [0.5, 0.6) is 5.88 Å². The van der Waals surface area contributed by atoms with Crippen LogP contribution in [0.3, 0.4) is 0 Å². The zero-order valence-corrected chi connectivity index (χ0v) is 15.5. The Kier molecular flexibility index (Phi) is 6.06. The molecular formula is C18H20N4O3S. The van der Waals surface area contributed by atoms with Gasteiger partial charge < -0.3 is 9.47 Å². The highest BCUT2D eigenvalue weighted by atomic mass is 32.2. The lowest BCUT2D eigenvalue weighted by atomic mass is 10.2. The minimum atomic E-state index is -0.278. The minimum Gasteiger partial charge on any atom is -0.476 e. The maximum absolute atomic E-state index is 11.6.